The number of rotatable bonds is 5. The van der Waals surface area contributed by atoms with Crippen molar-refractivity contribution < 1.29 is 9.18 Å². The summed E-state index contributed by atoms with van der Waals surface area (Å²) < 4.78 is 15.3. The molecule has 4 aromatic rings. The number of hydrogen-bond acceptors (Lipinski definition) is 6. The number of nitrogens with two attached hydrogens (primary N) is 1. The molecule has 0 spiro atoms. The van der Waals surface area contributed by atoms with Crippen LogP contribution in [0, 0.1) is 12.7 Å². The van der Waals surface area contributed by atoms with E-state index in [0.29, 0.717) is 53.9 Å². The zero-order valence-electron chi connectivity index (χ0n) is 16.8. The first-order valence-electron chi connectivity index (χ1n) is 9.88. The molecule has 5 rings (SSSR count). The molecule has 156 valence electrons. The third kappa shape index (κ3) is 3.38. The van der Waals surface area contributed by atoms with Gasteiger partial charge in [0.15, 0.2) is 5.82 Å². The molecule has 8 nitrogen and oxygen atoms in total. The third-order valence-corrected chi connectivity index (χ3v) is 5.34. The summed E-state index contributed by atoms with van der Waals surface area (Å²) in [5.41, 5.74) is 10.4. The number of carbonyl (C=O) groups excluding carboxylic acids is 1. The quantitative estimate of drug-likeness (QED) is 0.460. The zero-order valence-corrected chi connectivity index (χ0v) is 16.8. The van der Waals surface area contributed by atoms with Crippen molar-refractivity contribution in [2.45, 2.75) is 26.6 Å². The molecule has 1 aromatic carbocycles. The Balaban J connectivity index is 1.60. The van der Waals surface area contributed by atoms with Crippen molar-refractivity contribution in [1.82, 2.24) is 24.7 Å². The fraction of sp³-hybridized carbons (Fsp3) is 0.182. The van der Waals surface area contributed by atoms with E-state index in [1.807, 2.05) is 19.2 Å². The number of fused-ring (bicyclic) bond motifs is 2. The Kier molecular flexibility index (Phi) is 4.59. The summed E-state index contributed by atoms with van der Waals surface area (Å²) in [6, 6.07) is 9.84. The number of imidazole rings is 1. The van der Waals surface area contributed by atoms with Crippen LogP contribution in [0.1, 0.15) is 32.9 Å². The fourth-order valence-electron chi connectivity index (χ4n) is 3.90. The summed E-state index contributed by atoms with van der Waals surface area (Å²) in [4.78, 5) is 25.9. The standard InChI is InChI=1S/C22H20FN7O/c1-12-18(30-7-3-6-15(19(24)31)22(30)27-12)21-28-17-11-25-10-16(17)20(29-21)26-9-13-4-2-5-14(23)8-13/h2-8,25H,9-11H2,1H3,(H2,24,31)(H,26,28,29). The minimum absolute atomic E-state index is 0.277. The van der Waals surface area contributed by atoms with Gasteiger partial charge >= 0.3 is 0 Å². The van der Waals surface area contributed by atoms with Gasteiger partial charge in [0, 0.05) is 31.4 Å². The number of halogens is 1. The Labute approximate surface area is 177 Å². The number of primary amides is 1. The van der Waals surface area contributed by atoms with E-state index >= 15 is 0 Å². The van der Waals surface area contributed by atoms with Crippen LogP contribution >= 0.6 is 0 Å². The Morgan fingerprint density at radius 2 is 2.10 bits per heavy atom. The van der Waals surface area contributed by atoms with Crippen molar-refractivity contribution in [3.63, 3.8) is 0 Å². The largest absolute Gasteiger partial charge is 0.366 e. The Hall–Kier alpha value is -3.85. The molecule has 0 bridgehead atoms. The van der Waals surface area contributed by atoms with E-state index < -0.39 is 5.91 Å². The average Bonchev–Trinajstić information content (AvgIpc) is 3.35. The highest BCUT2D eigenvalue weighted by atomic mass is 19.1. The van der Waals surface area contributed by atoms with Gasteiger partial charge in [0.25, 0.3) is 5.91 Å². The van der Waals surface area contributed by atoms with Gasteiger partial charge in [-0.05, 0) is 36.8 Å². The number of nitrogens with zero attached hydrogens (tertiary/aromatic N) is 4. The van der Waals surface area contributed by atoms with Crippen molar-refractivity contribution in [3.05, 3.63) is 76.5 Å². The Morgan fingerprint density at radius 3 is 2.90 bits per heavy atom. The lowest BCUT2D eigenvalue weighted by atomic mass is 10.2. The van der Waals surface area contributed by atoms with E-state index in [1.165, 1.54) is 12.1 Å². The van der Waals surface area contributed by atoms with Crippen LogP contribution in [0.4, 0.5) is 10.2 Å². The van der Waals surface area contributed by atoms with E-state index in [0.717, 1.165) is 16.8 Å². The summed E-state index contributed by atoms with van der Waals surface area (Å²) >= 11 is 0. The van der Waals surface area contributed by atoms with Crippen LogP contribution in [0.25, 0.3) is 17.2 Å². The predicted octanol–water partition coefficient (Wildman–Crippen LogP) is 2.55. The normalized spacial score (nSPS) is 12.8. The van der Waals surface area contributed by atoms with Crippen LogP contribution in [0.2, 0.25) is 0 Å². The number of nitrogens with one attached hydrogen (secondary N) is 2. The van der Waals surface area contributed by atoms with Crippen LogP contribution in [0.5, 0.6) is 0 Å². The summed E-state index contributed by atoms with van der Waals surface area (Å²) in [7, 11) is 0. The first-order chi connectivity index (χ1) is 15.0. The second kappa shape index (κ2) is 7.44. The molecule has 31 heavy (non-hydrogen) atoms. The fourth-order valence-corrected chi connectivity index (χ4v) is 3.90. The summed E-state index contributed by atoms with van der Waals surface area (Å²) in [5, 5.41) is 6.62. The van der Waals surface area contributed by atoms with E-state index in [2.05, 4.69) is 15.6 Å². The van der Waals surface area contributed by atoms with Gasteiger partial charge in [-0.1, -0.05) is 12.1 Å². The molecule has 0 saturated heterocycles. The predicted molar refractivity (Wildman–Crippen MR) is 114 cm³/mol. The Morgan fingerprint density at radius 1 is 1.23 bits per heavy atom. The lowest BCUT2D eigenvalue weighted by Crippen LogP contribution is -2.12. The van der Waals surface area contributed by atoms with E-state index in [9.17, 15) is 9.18 Å². The lowest BCUT2D eigenvalue weighted by Gasteiger charge is -2.12. The number of anilines is 1. The number of aromatic nitrogens is 4. The molecule has 3 aromatic heterocycles. The number of hydrogen-bond donors (Lipinski definition) is 3. The number of amides is 1. The van der Waals surface area contributed by atoms with Crippen molar-refractivity contribution in [2.75, 3.05) is 5.32 Å². The zero-order chi connectivity index (χ0) is 21.5. The van der Waals surface area contributed by atoms with Crippen molar-refractivity contribution in [1.29, 1.82) is 0 Å². The maximum absolute atomic E-state index is 13.5. The second-order valence-electron chi connectivity index (χ2n) is 7.43. The van der Waals surface area contributed by atoms with Crippen LogP contribution < -0.4 is 16.4 Å². The van der Waals surface area contributed by atoms with Gasteiger partial charge in [0.05, 0.1) is 17.0 Å². The highest BCUT2D eigenvalue weighted by Gasteiger charge is 2.23. The molecular formula is C22H20FN7O. The molecule has 4 N–H and O–H groups in total. The summed E-state index contributed by atoms with van der Waals surface area (Å²) in [6.45, 7) is 3.56. The van der Waals surface area contributed by atoms with Gasteiger partial charge in [-0.15, -0.1) is 0 Å². The lowest BCUT2D eigenvalue weighted by molar-refractivity contribution is 0.100. The molecule has 0 aliphatic carbocycles. The topological polar surface area (TPSA) is 110 Å². The molecule has 0 saturated carbocycles. The molecule has 0 radical (unpaired) electrons. The summed E-state index contributed by atoms with van der Waals surface area (Å²) in [5.74, 6) is 0.366. The number of benzene rings is 1. The first-order valence-corrected chi connectivity index (χ1v) is 9.88. The molecule has 1 aliphatic rings. The SMILES string of the molecule is Cc1nc2c(C(N)=O)cccn2c1-c1nc2c(c(NCc3cccc(F)c3)n1)CNC2. The van der Waals surface area contributed by atoms with E-state index in [4.69, 9.17) is 15.7 Å². The van der Waals surface area contributed by atoms with Gasteiger partial charge in [-0.25, -0.2) is 19.3 Å². The smallest absolute Gasteiger partial charge is 0.252 e. The highest BCUT2D eigenvalue weighted by molar-refractivity contribution is 5.99. The number of pyridine rings is 1. The monoisotopic (exact) mass is 417 g/mol. The molecular weight excluding hydrogens is 397 g/mol. The molecule has 1 amide bonds. The molecule has 0 atom stereocenters. The highest BCUT2D eigenvalue weighted by Crippen LogP contribution is 2.29. The van der Waals surface area contributed by atoms with Crippen molar-refractivity contribution in [2.24, 2.45) is 5.73 Å². The van der Waals surface area contributed by atoms with E-state index in [-0.39, 0.29) is 5.82 Å². The molecule has 1 aliphatic heterocycles. The maximum atomic E-state index is 13.5. The van der Waals surface area contributed by atoms with Crippen LogP contribution in [-0.2, 0) is 19.6 Å². The number of aryl methyl sites for hydroxylation is 1. The first kappa shape index (κ1) is 19.1. The maximum Gasteiger partial charge on any atom is 0.252 e. The van der Waals surface area contributed by atoms with Gasteiger partial charge in [-0.3, -0.25) is 9.20 Å². The second-order valence-corrected chi connectivity index (χ2v) is 7.43. The minimum atomic E-state index is -0.543. The van der Waals surface area contributed by atoms with Gasteiger partial charge in [0.2, 0.25) is 0 Å². The average molecular weight is 417 g/mol. The van der Waals surface area contributed by atoms with Gasteiger partial charge in [-0.2, -0.15) is 0 Å². The third-order valence-electron chi connectivity index (χ3n) is 5.34. The van der Waals surface area contributed by atoms with Crippen molar-refractivity contribution in [3.8, 4) is 11.5 Å². The van der Waals surface area contributed by atoms with Crippen LogP contribution in [-0.4, -0.2) is 25.3 Å². The van der Waals surface area contributed by atoms with E-state index in [1.54, 1.807) is 22.6 Å². The molecule has 9 heteroatoms. The molecule has 0 unspecified atom stereocenters. The molecule has 0 fully saturated rings. The van der Waals surface area contributed by atoms with Gasteiger partial charge < -0.3 is 16.4 Å². The minimum Gasteiger partial charge on any atom is -0.366 e. The van der Waals surface area contributed by atoms with Crippen LogP contribution in [0.15, 0.2) is 42.6 Å². The molecule has 4 heterocycles. The Bertz CT molecular complexity index is 1330. The van der Waals surface area contributed by atoms with Gasteiger partial charge in [0.1, 0.15) is 23.0 Å². The summed E-state index contributed by atoms with van der Waals surface area (Å²) in [6.07, 6.45) is 1.81. The van der Waals surface area contributed by atoms with Crippen molar-refractivity contribution >= 4 is 17.4 Å². The number of carbonyl (C=O) groups is 1. The van der Waals surface area contributed by atoms with Crippen LogP contribution in [0.3, 0.4) is 0 Å².